The molecule has 15 heavy (non-hydrogen) atoms. The van der Waals surface area contributed by atoms with Crippen molar-refractivity contribution < 1.29 is 18.3 Å². The van der Waals surface area contributed by atoms with Gasteiger partial charge in [-0.3, -0.25) is 4.68 Å². The molecule has 0 bridgehead atoms. The molecule has 1 aromatic heterocycles. The predicted molar refractivity (Wildman–Crippen MR) is 48.6 cm³/mol. The zero-order valence-electron chi connectivity index (χ0n) is 8.09. The number of aliphatic hydroxyl groups is 1. The average Bonchev–Trinajstić information content (AvgIpc) is 2.44. The first-order chi connectivity index (χ1) is 6.75. The Morgan fingerprint density at radius 1 is 1.47 bits per heavy atom. The summed E-state index contributed by atoms with van der Waals surface area (Å²) in [4.78, 5) is 0. The lowest BCUT2D eigenvalue weighted by Crippen LogP contribution is -2.24. The minimum absolute atomic E-state index is 0.187. The Balaban J connectivity index is 3.18. The predicted octanol–water partition coefficient (Wildman–Crippen LogP) is 2.71. The van der Waals surface area contributed by atoms with E-state index in [1.54, 1.807) is 13.8 Å². The van der Waals surface area contributed by atoms with Crippen LogP contribution in [0.3, 0.4) is 0 Å². The zero-order chi connectivity index (χ0) is 11.8. The van der Waals surface area contributed by atoms with Gasteiger partial charge in [-0.25, -0.2) is 0 Å². The molecule has 1 N–H and O–H groups in total. The van der Waals surface area contributed by atoms with E-state index in [-0.39, 0.29) is 11.1 Å². The minimum Gasteiger partial charge on any atom is -0.378 e. The topological polar surface area (TPSA) is 38.0 Å². The lowest BCUT2D eigenvalue weighted by Gasteiger charge is -2.18. The van der Waals surface area contributed by atoms with E-state index in [4.69, 9.17) is 16.7 Å². The molecule has 3 nitrogen and oxygen atoms in total. The third kappa shape index (κ3) is 2.43. The molecule has 0 saturated carbocycles. The molecule has 1 atom stereocenters. The summed E-state index contributed by atoms with van der Waals surface area (Å²) < 4.78 is 37.9. The fourth-order valence-corrected chi connectivity index (χ4v) is 1.41. The first kappa shape index (κ1) is 12.3. The molecule has 0 radical (unpaired) electrons. The molecule has 0 aliphatic rings. The second-order valence-corrected chi connectivity index (χ2v) is 3.77. The van der Waals surface area contributed by atoms with Gasteiger partial charge in [0, 0.05) is 6.04 Å². The van der Waals surface area contributed by atoms with Gasteiger partial charge in [0.15, 0.2) is 6.10 Å². The quantitative estimate of drug-likeness (QED) is 0.866. The molecule has 1 aromatic rings. The Morgan fingerprint density at radius 3 is 2.40 bits per heavy atom. The molecule has 7 heteroatoms. The van der Waals surface area contributed by atoms with E-state index in [2.05, 4.69) is 5.10 Å². The average molecular weight is 243 g/mol. The molecule has 0 amide bonds. The number of hydrogen-bond donors (Lipinski definition) is 1. The van der Waals surface area contributed by atoms with E-state index in [0.717, 1.165) is 10.9 Å². The Hall–Kier alpha value is -0.750. The van der Waals surface area contributed by atoms with Gasteiger partial charge in [0.2, 0.25) is 0 Å². The smallest absolute Gasteiger partial charge is 0.378 e. The Morgan fingerprint density at radius 2 is 2.00 bits per heavy atom. The van der Waals surface area contributed by atoms with Crippen molar-refractivity contribution in [2.45, 2.75) is 32.2 Å². The van der Waals surface area contributed by atoms with E-state index < -0.39 is 18.0 Å². The summed E-state index contributed by atoms with van der Waals surface area (Å²) in [6.45, 7) is 3.30. The van der Waals surface area contributed by atoms with Crippen molar-refractivity contribution in [3.8, 4) is 0 Å². The van der Waals surface area contributed by atoms with Crippen molar-refractivity contribution in [2.24, 2.45) is 0 Å². The Kier molecular flexibility index (Phi) is 3.30. The largest absolute Gasteiger partial charge is 0.420 e. The normalized spacial score (nSPS) is 14.7. The van der Waals surface area contributed by atoms with Crippen LogP contribution in [0.15, 0.2) is 6.20 Å². The van der Waals surface area contributed by atoms with Crippen LogP contribution in [0, 0.1) is 0 Å². The number of rotatable bonds is 2. The summed E-state index contributed by atoms with van der Waals surface area (Å²) in [7, 11) is 0. The van der Waals surface area contributed by atoms with Crippen LogP contribution in [-0.4, -0.2) is 21.1 Å². The van der Waals surface area contributed by atoms with Crippen molar-refractivity contribution in [3.05, 3.63) is 16.9 Å². The molecule has 0 fully saturated rings. The number of aliphatic hydroxyl groups excluding tert-OH is 1. The number of alkyl halides is 3. The van der Waals surface area contributed by atoms with E-state index in [9.17, 15) is 13.2 Å². The van der Waals surface area contributed by atoms with Crippen molar-refractivity contribution in [1.82, 2.24) is 9.78 Å². The summed E-state index contributed by atoms with van der Waals surface area (Å²) in [6.07, 6.45) is -6.25. The summed E-state index contributed by atoms with van der Waals surface area (Å²) in [5.74, 6) is 0. The molecule has 0 saturated heterocycles. The van der Waals surface area contributed by atoms with E-state index in [1.807, 2.05) is 0 Å². The van der Waals surface area contributed by atoms with Gasteiger partial charge in [-0.1, -0.05) is 11.6 Å². The maximum absolute atomic E-state index is 12.3. The first-order valence-electron chi connectivity index (χ1n) is 4.22. The fraction of sp³-hybridized carbons (Fsp3) is 0.625. The van der Waals surface area contributed by atoms with E-state index in [0.29, 0.717) is 0 Å². The zero-order valence-corrected chi connectivity index (χ0v) is 8.84. The molecule has 0 spiro atoms. The summed E-state index contributed by atoms with van der Waals surface area (Å²) in [5.41, 5.74) is -0.417. The standard InChI is InChI=1S/C8H10ClF3N2O/c1-4(2)14-6(5(9)3-13-14)7(15)8(10,11)12/h3-4,7,15H,1-2H3. The molecule has 0 aliphatic carbocycles. The van der Waals surface area contributed by atoms with E-state index >= 15 is 0 Å². The van der Waals surface area contributed by atoms with Crippen molar-refractivity contribution in [2.75, 3.05) is 0 Å². The van der Waals surface area contributed by atoms with Crippen LogP contribution in [0.25, 0.3) is 0 Å². The summed E-state index contributed by atoms with van der Waals surface area (Å²) in [6, 6.07) is -0.301. The number of aromatic nitrogens is 2. The van der Waals surface area contributed by atoms with Crippen LogP contribution in [0.2, 0.25) is 5.02 Å². The molecular weight excluding hydrogens is 233 g/mol. The highest BCUT2D eigenvalue weighted by Crippen LogP contribution is 2.36. The van der Waals surface area contributed by atoms with Crippen LogP contribution >= 0.6 is 11.6 Å². The summed E-state index contributed by atoms with van der Waals surface area (Å²) >= 11 is 5.55. The monoisotopic (exact) mass is 242 g/mol. The van der Waals surface area contributed by atoms with Gasteiger partial charge in [-0.15, -0.1) is 0 Å². The molecule has 86 valence electrons. The third-order valence-corrected chi connectivity index (χ3v) is 2.14. The highest BCUT2D eigenvalue weighted by molar-refractivity contribution is 6.31. The number of hydrogen-bond acceptors (Lipinski definition) is 2. The van der Waals surface area contributed by atoms with Crippen molar-refractivity contribution in [1.29, 1.82) is 0 Å². The van der Waals surface area contributed by atoms with Crippen LogP contribution in [0.4, 0.5) is 13.2 Å². The maximum Gasteiger partial charge on any atom is 0.420 e. The van der Waals surface area contributed by atoms with Gasteiger partial charge < -0.3 is 5.11 Å². The lowest BCUT2D eigenvalue weighted by molar-refractivity contribution is -0.209. The van der Waals surface area contributed by atoms with Gasteiger partial charge in [0.05, 0.1) is 16.9 Å². The van der Waals surface area contributed by atoms with Crippen LogP contribution in [0.5, 0.6) is 0 Å². The molecular formula is C8H10ClF3N2O. The van der Waals surface area contributed by atoms with Crippen molar-refractivity contribution >= 4 is 11.6 Å². The van der Waals surface area contributed by atoms with Crippen LogP contribution < -0.4 is 0 Å². The highest BCUT2D eigenvalue weighted by atomic mass is 35.5. The van der Waals surface area contributed by atoms with Gasteiger partial charge in [0.1, 0.15) is 0 Å². The fourth-order valence-electron chi connectivity index (χ4n) is 1.17. The van der Waals surface area contributed by atoms with Crippen LogP contribution in [-0.2, 0) is 0 Å². The molecule has 1 rings (SSSR count). The third-order valence-electron chi connectivity index (χ3n) is 1.85. The van der Waals surface area contributed by atoms with Gasteiger partial charge in [-0.05, 0) is 13.8 Å². The Labute approximate surface area is 89.5 Å². The van der Waals surface area contributed by atoms with E-state index in [1.165, 1.54) is 0 Å². The molecule has 0 aromatic carbocycles. The number of halogens is 4. The molecule has 0 aliphatic heterocycles. The van der Waals surface area contributed by atoms with Gasteiger partial charge >= 0.3 is 6.18 Å². The Bertz CT molecular complexity index is 348. The maximum atomic E-state index is 12.3. The molecule has 1 unspecified atom stereocenters. The van der Waals surface area contributed by atoms with Gasteiger partial charge in [0.25, 0.3) is 0 Å². The van der Waals surface area contributed by atoms with Crippen LogP contribution in [0.1, 0.15) is 31.7 Å². The highest BCUT2D eigenvalue weighted by Gasteiger charge is 2.42. The second kappa shape index (κ2) is 4.02. The lowest BCUT2D eigenvalue weighted by atomic mass is 10.2. The summed E-state index contributed by atoms with van der Waals surface area (Å²) in [5, 5.41) is 12.6. The van der Waals surface area contributed by atoms with Crippen molar-refractivity contribution in [3.63, 3.8) is 0 Å². The molecule has 1 heterocycles. The SMILES string of the molecule is CC(C)n1ncc(Cl)c1C(O)C(F)(F)F. The first-order valence-corrected chi connectivity index (χ1v) is 4.60. The minimum atomic E-state index is -4.74. The second-order valence-electron chi connectivity index (χ2n) is 3.36. The number of nitrogens with zero attached hydrogens (tertiary/aromatic N) is 2. The van der Waals surface area contributed by atoms with Gasteiger partial charge in [-0.2, -0.15) is 18.3 Å².